The molecule has 21 heteroatoms. The monoisotopic (exact) mass is 1230 g/mol. The molecule has 8 aromatic rings. The third kappa shape index (κ3) is 15.8. The lowest BCUT2D eigenvalue weighted by Crippen LogP contribution is -2.43. The summed E-state index contributed by atoms with van der Waals surface area (Å²) in [5.74, 6) is 1.34. The van der Waals surface area contributed by atoms with Gasteiger partial charge in [0.25, 0.3) is 0 Å². The predicted octanol–water partition coefficient (Wildman–Crippen LogP) is 12.9. The van der Waals surface area contributed by atoms with E-state index in [2.05, 4.69) is 52.8 Å². The van der Waals surface area contributed by atoms with E-state index in [1.807, 2.05) is 94.2 Å². The molecule has 2 aliphatic heterocycles. The van der Waals surface area contributed by atoms with E-state index in [1.54, 1.807) is 41.3 Å². The van der Waals surface area contributed by atoms with Crippen molar-refractivity contribution in [2.75, 3.05) is 64.8 Å². The number of rotatable bonds is 16. The summed E-state index contributed by atoms with van der Waals surface area (Å²) in [6, 6.07) is 28.8. The average Bonchev–Trinajstić information content (AvgIpc) is 1.63. The minimum absolute atomic E-state index is 0.0115. The zero-order valence-corrected chi connectivity index (χ0v) is 52.2. The van der Waals surface area contributed by atoms with Gasteiger partial charge in [-0.05, 0) is 160 Å². The molecule has 4 aromatic heterocycles. The standard InChI is InChI=1S/C32H35FN6O2.C29H32FN5O3.C8H13NO2/c1-21-29(22-10-14-26(15-11-22)41-27-8-3-6-23(33)18-27)30-31(34)35-20-36-32(30)39(21)25-7-4-17-38(19-25)28(40)9-5-16-37(2)24-12-13-24;1-18-24(19-10-12-22(13-11-19)37-23-9-5-7-20(30)15-23)25-26(31)32-17-33-27(25)35(18)21-8-6-14-34(16-21)28(36)38-29(2,3)4;1-9(7-4-5-7)6-2-3-8(10)11/h3,5-6,8-11,14-15,18,20,24-25H,4,7,12-13,16-17,19H2,1-2H3,(H2,34,35,36);5,7,9-13,15,17,21H,6,8,14,16H2,1-4H3,(H2,31,32,33);2-3,7H,4-6H2,1H3,(H,10,11)/b9-5+;;3-2+/t25-;21-;/m11./s1. The second-order valence-electron chi connectivity index (χ2n) is 24.5. The molecule has 4 fully saturated rings. The number of nitrogen functional groups attached to an aromatic ring is 2. The van der Waals surface area contributed by atoms with E-state index in [-0.39, 0.29) is 35.7 Å². The molecular formula is C69H80F2N12O7. The number of carbonyl (C=O) groups excluding carboxylic acids is 2. The van der Waals surface area contributed by atoms with Gasteiger partial charge in [-0.1, -0.05) is 48.6 Å². The van der Waals surface area contributed by atoms with E-state index in [0.717, 1.165) is 101 Å². The fraction of sp³-hybridized carbons (Fsp3) is 0.377. The number of ether oxygens (including phenoxy) is 3. The number of piperidine rings is 2. The van der Waals surface area contributed by atoms with Crippen molar-refractivity contribution in [1.82, 2.24) is 48.7 Å². The molecule has 0 spiro atoms. The summed E-state index contributed by atoms with van der Waals surface area (Å²) in [5, 5.41) is 9.85. The number of nitrogens with two attached hydrogens (primary N) is 2. The van der Waals surface area contributed by atoms with Crippen LogP contribution in [0.5, 0.6) is 23.0 Å². The van der Waals surface area contributed by atoms with Crippen LogP contribution in [0.3, 0.4) is 0 Å². The Balaban J connectivity index is 0.000000170. The van der Waals surface area contributed by atoms with Crippen molar-refractivity contribution >= 4 is 51.7 Å². The van der Waals surface area contributed by atoms with E-state index < -0.39 is 11.6 Å². The Labute approximate surface area is 523 Å². The summed E-state index contributed by atoms with van der Waals surface area (Å²) in [4.78, 5) is 62.0. The maximum Gasteiger partial charge on any atom is 0.410 e. The Morgan fingerprint density at radius 3 is 1.47 bits per heavy atom. The molecule has 472 valence electrons. The number of amides is 2. The van der Waals surface area contributed by atoms with Gasteiger partial charge >= 0.3 is 12.1 Å². The van der Waals surface area contributed by atoms with Gasteiger partial charge in [-0.15, -0.1) is 0 Å². The van der Waals surface area contributed by atoms with Crippen molar-refractivity contribution in [2.24, 2.45) is 0 Å². The smallest absolute Gasteiger partial charge is 0.410 e. The number of likely N-dealkylation sites (N-methyl/N-ethyl adjacent to an activating group) is 2. The van der Waals surface area contributed by atoms with Crippen molar-refractivity contribution < 1.29 is 42.5 Å². The van der Waals surface area contributed by atoms with E-state index >= 15 is 0 Å². The topological polar surface area (TPSA) is 226 Å². The van der Waals surface area contributed by atoms with Crippen molar-refractivity contribution in [1.29, 1.82) is 0 Å². The molecule has 2 atom stereocenters. The second kappa shape index (κ2) is 28.1. The van der Waals surface area contributed by atoms with Crippen LogP contribution in [0.25, 0.3) is 44.3 Å². The van der Waals surface area contributed by atoms with Crippen molar-refractivity contribution in [3.8, 4) is 45.3 Å². The molecule has 2 saturated heterocycles. The number of nitrogens with zero attached hydrogens (tertiary/aromatic N) is 10. The van der Waals surface area contributed by atoms with E-state index in [9.17, 15) is 23.2 Å². The highest BCUT2D eigenvalue weighted by Gasteiger charge is 2.33. The highest BCUT2D eigenvalue weighted by atomic mass is 19.1. The Morgan fingerprint density at radius 1 is 0.611 bits per heavy atom. The summed E-state index contributed by atoms with van der Waals surface area (Å²) in [7, 11) is 4.13. The summed E-state index contributed by atoms with van der Waals surface area (Å²) in [6.07, 6.45) is 17.9. The first-order valence-electron chi connectivity index (χ1n) is 30.7. The molecule has 6 heterocycles. The number of carboxylic acids is 1. The van der Waals surface area contributed by atoms with Crippen molar-refractivity contribution in [3.63, 3.8) is 0 Å². The van der Waals surface area contributed by atoms with Crippen LogP contribution >= 0.6 is 0 Å². The molecule has 2 saturated carbocycles. The maximum atomic E-state index is 13.6. The molecule has 0 unspecified atom stereocenters. The normalized spacial score (nSPS) is 17.0. The van der Waals surface area contributed by atoms with Gasteiger partial charge in [0.05, 0.1) is 22.9 Å². The Hall–Kier alpha value is -9.21. The summed E-state index contributed by atoms with van der Waals surface area (Å²) >= 11 is 0. The number of hydrogen-bond acceptors (Lipinski definition) is 14. The van der Waals surface area contributed by atoms with Gasteiger partial charge in [-0.2, -0.15) is 0 Å². The Kier molecular flexibility index (Phi) is 19.9. The number of fused-ring (bicyclic) bond motifs is 2. The number of aromatic nitrogens is 6. The van der Waals surface area contributed by atoms with Crippen molar-refractivity contribution in [2.45, 2.75) is 116 Å². The first kappa shape index (κ1) is 63.8. The van der Waals surface area contributed by atoms with Gasteiger partial charge in [0.2, 0.25) is 5.91 Å². The number of carbonyl (C=O) groups is 3. The Morgan fingerprint density at radius 2 is 1.04 bits per heavy atom. The molecule has 4 aromatic carbocycles. The molecule has 90 heavy (non-hydrogen) atoms. The van der Waals surface area contributed by atoms with Crippen LogP contribution in [0.4, 0.5) is 25.2 Å². The van der Waals surface area contributed by atoms with Gasteiger partial charge in [0.15, 0.2) is 0 Å². The van der Waals surface area contributed by atoms with Gasteiger partial charge in [-0.25, -0.2) is 38.3 Å². The van der Waals surface area contributed by atoms with Crippen LogP contribution in [0, 0.1) is 25.5 Å². The SMILES string of the molecule is CN(C/C=C/C(=O)O)C1CC1.Cc1c(-c2ccc(Oc3cccc(F)c3)cc2)c2c(N)ncnc2n1[C@@H]1CCCN(C(=O)/C=C/CN(C)C2CC2)C1.Cc1c(-c2ccc(Oc3cccc(F)c3)cc2)c2c(N)ncnc2n1[C@@H]1CCCN(C(=O)OC(C)(C)C)C1. The maximum absolute atomic E-state index is 13.6. The minimum Gasteiger partial charge on any atom is -0.478 e. The number of likely N-dealkylation sites (tertiary alicyclic amines) is 2. The second-order valence-corrected chi connectivity index (χ2v) is 24.5. The van der Waals surface area contributed by atoms with E-state index in [0.29, 0.717) is 66.4 Å². The largest absolute Gasteiger partial charge is 0.478 e. The lowest BCUT2D eigenvalue weighted by atomic mass is 10.0. The summed E-state index contributed by atoms with van der Waals surface area (Å²) in [6.45, 7) is 13.8. The molecule has 4 aliphatic rings. The fourth-order valence-corrected chi connectivity index (χ4v) is 12.0. The quantitative estimate of drug-likeness (QED) is 0.0765. The van der Waals surface area contributed by atoms with Crippen LogP contribution in [-0.4, -0.2) is 143 Å². The van der Waals surface area contributed by atoms with Gasteiger partial charge < -0.3 is 49.7 Å². The highest BCUT2D eigenvalue weighted by molar-refractivity contribution is 6.03. The van der Waals surface area contributed by atoms with E-state index in [1.165, 1.54) is 68.7 Å². The van der Waals surface area contributed by atoms with Gasteiger partial charge in [-0.3, -0.25) is 14.6 Å². The van der Waals surface area contributed by atoms with Crippen LogP contribution in [-0.2, 0) is 14.3 Å². The van der Waals surface area contributed by atoms with Crippen LogP contribution < -0.4 is 20.9 Å². The Bertz CT molecular complexity index is 3910. The molecule has 0 bridgehead atoms. The third-order valence-corrected chi connectivity index (χ3v) is 16.6. The first-order chi connectivity index (χ1) is 43.2. The third-order valence-electron chi connectivity index (χ3n) is 16.6. The molecule has 5 N–H and O–H groups in total. The fourth-order valence-electron chi connectivity index (χ4n) is 12.0. The lowest BCUT2D eigenvalue weighted by molar-refractivity contribution is -0.131. The highest BCUT2D eigenvalue weighted by Crippen LogP contribution is 2.43. The van der Waals surface area contributed by atoms with Crippen LogP contribution in [0.15, 0.2) is 134 Å². The first-order valence-corrected chi connectivity index (χ1v) is 30.7. The molecule has 0 radical (unpaired) electrons. The molecular weight excluding hydrogens is 1150 g/mol. The minimum atomic E-state index is -0.866. The molecule has 12 rings (SSSR count). The number of benzene rings is 4. The lowest BCUT2D eigenvalue weighted by Gasteiger charge is -2.35. The number of halogens is 2. The average molecular weight is 1230 g/mol. The van der Waals surface area contributed by atoms with E-state index in [4.69, 9.17) is 30.8 Å². The van der Waals surface area contributed by atoms with Gasteiger partial charge in [0.1, 0.15) is 75.8 Å². The number of carboxylic acid groups (broad SMARTS) is 1. The zero-order chi connectivity index (χ0) is 63.8. The van der Waals surface area contributed by atoms with Crippen LogP contribution in [0.2, 0.25) is 0 Å². The summed E-state index contributed by atoms with van der Waals surface area (Å²) in [5.41, 5.74) is 19.6. The van der Waals surface area contributed by atoms with Crippen LogP contribution in [0.1, 0.15) is 95.6 Å². The number of anilines is 2. The molecule has 2 aliphatic carbocycles. The zero-order valence-electron chi connectivity index (χ0n) is 52.2. The molecule has 19 nitrogen and oxygen atoms in total. The van der Waals surface area contributed by atoms with Crippen molar-refractivity contribution in [3.05, 3.63) is 157 Å². The number of hydrogen-bond donors (Lipinski definition) is 3. The predicted molar refractivity (Wildman–Crippen MR) is 345 cm³/mol. The molecule has 2 amide bonds. The van der Waals surface area contributed by atoms with Gasteiger partial charge in [0, 0.05) is 98.2 Å². The number of aliphatic carboxylic acids is 1. The summed E-state index contributed by atoms with van der Waals surface area (Å²) < 4.78 is 48.8.